The molecule has 1 N–H and O–H groups in total. The first kappa shape index (κ1) is 19.3. The van der Waals surface area contributed by atoms with Crippen LogP contribution >= 0.6 is 0 Å². The molecule has 1 fully saturated rings. The number of fused-ring (bicyclic) bond motifs is 2. The molecule has 0 saturated heterocycles. The number of pyridine rings is 1. The van der Waals surface area contributed by atoms with Crippen LogP contribution in [0.15, 0.2) is 53.8 Å². The molecule has 6 nitrogen and oxygen atoms in total. The Hall–Kier alpha value is -2.64. The Kier molecular flexibility index (Phi) is 4.31. The molecule has 1 aromatic carbocycles. The molecule has 1 aliphatic heterocycles. The highest BCUT2D eigenvalue weighted by Gasteiger charge is 2.52. The van der Waals surface area contributed by atoms with Crippen molar-refractivity contribution in [1.82, 2.24) is 15.0 Å². The topological polar surface area (TPSA) is 79.2 Å². The predicted octanol–water partition coefficient (Wildman–Crippen LogP) is 3.69. The van der Waals surface area contributed by atoms with E-state index < -0.39 is 16.4 Å². The van der Waals surface area contributed by atoms with Crippen LogP contribution in [-0.4, -0.2) is 37.1 Å². The van der Waals surface area contributed by atoms with Gasteiger partial charge >= 0.3 is 0 Å². The van der Waals surface area contributed by atoms with E-state index in [1.54, 1.807) is 38.7 Å². The summed E-state index contributed by atoms with van der Waals surface area (Å²) in [6, 6.07) is 9.79. The molecule has 154 valence electrons. The summed E-state index contributed by atoms with van der Waals surface area (Å²) >= 11 is 0. The van der Waals surface area contributed by atoms with Crippen molar-refractivity contribution < 1.29 is 9.32 Å². The molecule has 0 amide bonds. The molecule has 7 heteroatoms. The summed E-state index contributed by atoms with van der Waals surface area (Å²) in [7, 11) is -1.03. The molecular weight excluding hydrogens is 396 g/mol. The second-order valence-corrected chi connectivity index (χ2v) is 10.1. The molecule has 1 saturated carbocycles. The lowest BCUT2D eigenvalue weighted by molar-refractivity contribution is 0.0785. The van der Waals surface area contributed by atoms with Gasteiger partial charge in [0.05, 0.1) is 11.3 Å². The highest BCUT2D eigenvalue weighted by atomic mass is 32.2. The molecule has 3 aromatic rings. The van der Waals surface area contributed by atoms with Crippen molar-refractivity contribution in [1.29, 1.82) is 0 Å². The summed E-state index contributed by atoms with van der Waals surface area (Å²) in [5.41, 5.74) is 3.94. The number of hydrogen-bond acceptors (Lipinski definition) is 6. The van der Waals surface area contributed by atoms with Gasteiger partial charge in [-0.05, 0) is 62.1 Å². The van der Waals surface area contributed by atoms with Crippen molar-refractivity contribution in [3.05, 3.63) is 60.0 Å². The molecule has 3 heterocycles. The Morgan fingerprint density at radius 2 is 1.83 bits per heavy atom. The number of nitrogens with zero attached hydrogens (tertiary/aromatic N) is 4. The summed E-state index contributed by atoms with van der Waals surface area (Å²) in [4.78, 5) is 16.6. The normalized spacial score (nSPS) is 17.8. The van der Waals surface area contributed by atoms with E-state index in [-0.39, 0.29) is 5.41 Å². The van der Waals surface area contributed by atoms with Gasteiger partial charge in [0, 0.05) is 63.8 Å². The van der Waals surface area contributed by atoms with Crippen LogP contribution in [0.3, 0.4) is 0 Å². The third-order valence-corrected chi connectivity index (χ3v) is 7.04. The summed E-state index contributed by atoms with van der Waals surface area (Å²) in [5, 5.41) is 10.3. The highest BCUT2D eigenvalue weighted by Crippen LogP contribution is 2.57. The lowest BCUT2D eigenvalue weighted by Gasteiger charge is -2.19. The van der Waals surface area contributed by atoms with Gasteiger partial charge < -0.3 is 10.0 Å². The van der Waals surface area contributed by atoms with Gasteiger partial charge in [-0.15, -0.1) is 0 Å². The minimum Gasteiger partial charge on any atom is -0.386 e. The maximum absolute atomic E-state index is 12.0. The zero-order valence-corrected chi connectivity index (χ0v) is 18.1. The average Bonchev–Trinajstić information content (AvgIpc) is 3.44. The Bertz CT molecular complexity index is 1150. The van der Waals surface area contributed by atoms with E-state index in [0.29, 0.717) is 5.95 Å². The van der Waals surface area contributed by atoms with E-state index in [1.807, 2.05) is 24.3 Å². The van der Waals surface area contributed by atoms with Gasteiger partial charge in [-0.3, -0.25) is 9.19 Å². The fraction of sp³-hybridized carbons (Fsp3) is 0.348. The lowest BCUT2D eigenvalue weighted by atomic mass is 9.98. The number of aromatic nitrogens is 3. The SMILES string of the molecule is CS(=O)c1ccc2c(c1)N(c1ncc(-c3cc(C(C)(C)O)ccn3)cn1)CC21CC1. The minimum atomic E-state index is -1.03. The third-order valence-electron chi connectivity index (χ3n) is 6.12. The second-order valence-electron chi connectivity index (χ2n) is 8.76. The van der Waals surface area contributed by atoms with Crippen molar-refractivity contribution in [2.75, 3.05) is 17.7 Å². The molecule has 5 rings (SSSR count). The van der Waals surface area contributed by atoms with Gasteiger partial charge in [0.15, 0.2) is 0 Å². The first-order valence-corrected chi connectivity index (χ1v) is 11.6. The Morgan fingerprint density at radius 3 is 2.47 bits per heavy atom. The van der Waals surface area contributed by atoms with Crippen molar-refractivity contribution in [3.63, 3.8) is 0 Å². The molecule has 0 radical (unpaired) electrons. The van der Waals surface area contributed by atoms with Gasteiger partial charge in [-0.2, -0.15) is 0 Å². The van der Waals surface area contributed by atoms with E-state index in [2.05, 4.69) is 25.9 Å². The van der Waals surface area contributed by atoms with Gasteiger partial charge in [-0.1, -0.05) is 6.07 Å². The zero-order valence-electron chi connectivity index (χ0n) is 17.3. The molecule has 30 heavy (non-hydrogen) atoms. The van der Waals surface area contributed by atoms with Crippen LogP contribution in [0.1, 0.15) is 37.8 Å². The van der Waals surface area contributed by atoms with Crippen LogP contribution in [0, 0.1) is 0 Å². The number of rotatable bonds is 4. The summed E-state index contributed by atoms with van der Waals surface area (Å²) in [6.45, 7) is 4.36. The highest BCUT2D eigenvalue weighted by molar-refractivity contribution is 7.84. The van der Waals surface area contributed by atoms with Gasteiger partial charge in [0.2, 0.25) is 5.95 Å². The molecular formula is C23H24N4O2S. The van der Waals surface area contributed by atoms with Crippen LogP contribution in [0.4, 0.5) is 11.6 Å². The zero-order chi connectivity index (χ0) is 21.1. The molecule has 2 aliphatic rings. The average molecular weight is 421 g/mol. The van der Waals surface area contributed by atoms with E-state index in [4.69, 9.17) is 0 Å². The molecule has 1 aliphatic carbocycles. The van der Waals surface area contributed by atoms with Crippen molar-refractivity contribution in [3.8, 4) is 11.3 Å². The number of hydrogen-bond donors (Lipinski definition) is 1. The first-order valence-electron chi connectivity index (χ1n) is 10.0. The monoisotopic (exact) mass is 420 g/mol. The van der Waals surface area contributed by atoms with Crippen LogP contribution in [0.5, 0.6) is 0 Å². The molecule has 2 aromatic heterocycles. The smallest absolute Gasteiger partial charge is 0.229 e. The van der Waals surface area contributed by atoms with E-state index in [1.165, 1.54) is 5.56 Å². The van der Waals surface area contributed by atoms with E-state index in [9.17, 15) is 9.32 Å². The van der Waals surface area contributed by atoms with Crippen molar-refractivity contribution in [2.24, 2.45) is 0 Å². The van der Waals surface area contributed by atoms with E-state index >= 15 is 0 Å². The quantitative estimate of drug-likeness (QED) is 0.694. The Morgan fingerprint density at radius 1 is 1.10 bits per heavy atom. The third kappa shape index (κ3) is 3.22. The predicted molar refractivity (Wildman–Crippen MR) is 117 cm³/mol. The molecule has 1 atom stereocenters. The Balaban J connectivity index is 1.49. The van der Waals surface area contributed by atoms with Gasteiger partial charge in [0.25, 0.3) is 0 Å². The van der Waals surface area contributed by atoms with Crippen LogP contribution < -0.4 is 4.90 Å². The summed E-state index contributed by atoms with van der Waals surface area (Å²) in [5.74, 6) is 0.640. The number of benzene rings is 1. The van der Waals surface area contributed by atoms with Gasteiger partial charge in [0.1, 0.15) is 0 Å². The number of anilines is 2. The fourth-order valence-electron chi connectivity index (χ4n) is 4.15. The number of aliphatic hydroxyl groups is 1. The lowest BCUT2D eigenvalue weighted by Crippen LogP contribution is -2.21. The largest absolute Gasteiger partial charge is 0.386 e. The maximum Gasteiger partial charge on any atom is 0.229 e. The molecule has 1 spiro atoms. The standard InChI is InChI=1S/C23H24N4O2S/c1-22(2,28)16-6-9-24-19(10-16)15-12-25-21(26-13-15)27-14-23(7-8-23)18-5-4-17(30(3)29)11-20(18)27/h4-6,9-13,28H,7-8,14H2,1-3H3. The molecule has 1 unspecified atom stereocenters. The van der Waals surface area contributed by atoms with Crippen molar-refractivity contribution in [2.45, 2.75) is 42.6 Å². The fourth-order valence-corrected chi connectivity index (χ4v) is 4.69. The first-order chi connectivity index (χ1) is 14.3. The second kappa shape index (κ2) is 6.68. The summed E-state index contributed by atoms with van der Waals surface area (Å²) in [6.07, 6.45) is 9.27. The van der Waals surface area contributed by atoms with Crippen LogP contribution in [0.2, 0.25) is 0 Å². The minimum absolute atomic E-state index is 0.188. The Labute approximate surface area is 178 Å². The molecule has 0 bridgehead atoms. The summed E-state index contributed by atoms with van der Waals surface area (Å²) < 4.78 is 12.0. The van der Waals surface area contributed by atoms with Gasteiger partial charge in [-0.25, -0.2) is 9.97 Å². The van der Waals surface area contributed by atoms with Crippen molar-refractivity contribution >= 4 is 22.4 Å². The van der Waals surface area contributed by atoms with Crippen LogP contribution in [0.25, 0.3) is 11.3 Å². The van der Waals surface area contributed by atoms with E-state index in [0.717, 1.165) is 46.8 Å². The van der Waals surface area contributed by atoms with Crippen LogP contribution in [-0.2, 0) is 21.8 Å². The maximum atomic E-state index is 12.0.